The minimum absolute atomic E-state index is 0.639. The third-order valence-corrected chi connectivity index (χ3v) is 5.57. The molecule has 0 amide bonds. The molecule has 3 rings (SSSR count). The highest BCUT2D eigenvalue weighted by atomic mass is 35.5. The molecular weight excluding hydrogens is 304 g/mol. The van der Waals surface area contributed by atoms with E-state index < -0.39 is 0 Å². The Bertz CT molecular complexity index is 585. The van der Waals surface area contributed by atoms with E-state index in [1.165, 1.54) is 24.8 Å². The fourth-order valence-corrected chi connectivity index (χ4v) is 4.30. The zero-order chi connectivity index (χ0) is 16.1. The summed E-state index contributed by atoms with van der Waals surface area (Å²) >= 11 is 6.25. The Balaban J connectivity index is 1.89. The topological polar surface area (TPSA) is 38.0 Å². The molecule has 2 nitrogen and oxygen atoms in total. The van der Waals surface area contributed by atoms with Crippen LogP contribution in [0.25, 0.3) is 0 Å². The molecule has 1 atom stereocenters. The fourth-order valence-electron chi connectivity index (χ4n) is 4.11. The molecule has 1 saturated heterocycles. The monoisotopic (exact) mass is 330 g/mol. The van der Waals surface area contributed by atoms with Gasteiger partial charge in [-0.15, -0.1) is 0 Å². The maximum absolute atomic E-state index is 6.25. The molecule has 1 unspecified atom stereocenters. The van der Waals surface area contributed by atoms with Gasteiger partial charge >= 0.3 is 0 Å². The van der Waals surface area contributed by atoms with Gasteiger partial charge in [-0.2, -0.15) is 0 Å². The van der Waals surface area contributed by atoms with Crippen LogP contribution in [-0.4, -0.2) is 13.1 Å². The van der Waals surface area contributed by atoms with E-state index >= 15 is 0 Å². The molecule has 0 spiro atoms. The fraction of sp³-hybridized carbons (Fsp3) is 0.500. The van der Waals surface area contributed by atoms with Gasteiger partial charge in [0, 0.05) is 5.02 Å². The molecule has 124 valence electrons. The second-order valence-electron chi connectivity index (χ2n) is 6.77. The lowest BCUT2D eigenvalue weighted by atomic mass is 9.77. The lowest BCUT2D eigenvalue weighted by Gasteiger charge is -2.31. The predicted molar refractivity (Wildman–Crippen MR) is 98.8 cm³/mol. The van der Waals surface area contributed by atoms with Crippen molar-refractivity contribution in [2.24, 2.45) is 11.7 Å². The van der Waals surface area contributed by atoms with E-state index in [0.29, 0.717) is 5.92 Å². The third-order valence-electron chi connectivity index (χ3n) is 5.33. The van der Waals surface area contributed by atoms with Crippen LogP contribution in [0.4, 0.5) is 0 Å². The van der Waals surface area contributed by atoms with Crippen LogP contribution in [0, 0.1) is 5.92 Å². The Morgan fingerprint density at radius 1 is 1.22 bits per heavy atom. The van der Waals surface area contributed by atoms with Crippen molar-refractivity contribution in [3.05, 3.63) is 58.3 Å². The first-order valence-corrected chi connectivity index (χ1v) is 9.19. The van der Waals surface area contributed by atoms with Crippen molar-refractivity contribution < 1.29 is 0 Å². The van der Waals surface area contributed by atoms with Gasteiger partial charge in [0.05, 0.1) is 0 Å². The molecule has 0 bridgehead atoms. The van der Waals surface area contributed by atoms with Gasteiger partial charge < -0.3 is 11.1 Å². The van der Waals surface area contributed by atoms with Crippen LogP contribution in [0.2, 0.25) is 5.02 Å². The van der Waals surface area contributed by atoms with Crippen LogP contribution < -0.4 is 11.1 Å². The summed E-state index contributed by atoms with van der Waals surface area (Å²) in [6.07, 6.45) is 13.0. The number of rotatable bonds is 3. The maximum atomic E-state index is 6.25. The maximum Gasteiger partial charge on any atom is 0.0408 e. The molecule has 1 aliphatic heterocycles. The summed E-state index contributed by atoms with van der Waals surface area (Å²) in [7, 11) is 0. The van der Waals surface area contributed by atoms with Crippen molar-refractivity contribution in [2.45, 2.75) is 44.4 Å². The van der Waals surface area contributed by atoms with E-state index in [2.05, 4.69) is 29.6 Å². The largest absolute Gasteiger partial charge is 0.405 e. The highest BCUT2D eigenvalue weighted by Gasteiger charge is 2.29. The van der Waals surface area contributed by atoms with Gasteiger partial charge in [0.1, 0.15) is 0 Å². The van der Waals surface area contributed by atoms with E-state index in [1.807, 2.05) is 6.08 Å². The number of piperidine rings is 1. The first-order chi connectivity index (χ1) is 11.3. The molecular formula is C20H27ClN2. The zero-order valence-electron chi connectivity index (χ0n) is 13.7. The number of benzene rings is 1. The Kier molecular flexibility index (Phi) is 5.80. The van der Waals surface area contributed by atoms with E-state index in [-0.39, 0.29) is 0 Å². The number of aryl methyl sites for hydroxylation is 1. The molecule has 3 heteroatoms. The van der Waals surface area contributed by atoms with Crippen molar-refractivity contribution in [1.82, 2.24) is 5.32 Å². The van der Waals surface area contributed by atoms with Crippen LogP contribution in [0.5, 0.6) is 0 Å². The minimum Gasteiger partial charge on any atom is -0.405 e. The molecule has 1 aromatic rings. The van der Waals surface area contributed by atoms with Crippen LogP contribution in [0.3, 0.4) is 0 Å². The standard InChI is InChI=1S/C20H27ClN2/c21-18-6-7-19-17(14-18)5-4-15(3-1-2-10-22)13-20(19)16-8-11-23-12-9-16/h2-3,6-7,10,14,16,20,23H,1,4-5,8-9,11-13,22H2/b10-2-,15-3-. The van der Waals surface area contributed by atoms with Gasteiger partial charge in [-0.25, -0.2) is 0 Å². The smallest absolute Gasteiger partial charge is 0.0408 e. The number of nitrogens with two attached hydrogens (primary N) is 1. The van der Waals surface area contributed by atoms with Crippen LogP contribution in [0.15, 0.2) is 42.1 Å². The highest BCUT2D eigenvalue weighted by molar-refractivity contribution is 6.30. The summed E-state index contributed by atoms with van der Waals surface area (Å²) in [4.78, 5) is 0. The van der Waals surface area contributed by atoms with Crippen molar-refractivity contribution in [3.8, 4) is 0 Å². The van der Waals surface area contributed by atoms with Gasteiger partial charge in [-0.1, -0.05) is 35.4 Å². The molecule has 1 heterocycles. The summed E-state index contributed by atoms with van der Waals surface area (Å²) in [6.45, 7) is 2.30. The van der Waals surface area contributed by atoms with Crippen LogP contribution >= 0.6 is 11.6 Å². The summed E-state index contributed by atoms with van der Waals surface area (Å²) in [6, 6.07) is 6.54. The van der Waals surface area contributed by atoms with Crippen molar-refractivity contribution in [1.29, 1.82) is 0 Å². The molecule has 2 aliphatic rings. The molecule has 3 N–H and O–H groups in total. The lowest BCUT2D eigenvalue weighted by molar-refractivity contribution is 0.316. The second-order valence-corrected chi connectivity index (χ2v) is 7.20. The summed E-state index contributed by atoms with van der Waals surface area (Å²) in [5, 5.41) is 4.36. The van der Waals surface area contributed by atoms with Gasteiger partial charge in [-0.3, -0.25) is 0 Å². The SMILES string of the molecule is N/C=C\C/C=C1/CCc2cc(Cl)ccc2C(C2CCNCC2)C1. The van der Waals surface area contributed by atoms with Crippen molar-refractivity contribution in [3.63, 3.8) is 0 Å². The molecule has 1 fully saturated rings. The highest BCUT2D eigenvalue weighted by Crippen LogP contribution is 2.42. The third kappa shape index (κ3) is 4.19. The van der Waals surface area contributed by atoms with Crippen molar-refractivity contribution in [2.75, 3.05) is 13.1 Å². The molecule has 0 saturated carbocycles. The van der Waals surface area contributed by atoms with Gasteiger partial charge in [0.2, 0.25) is 0 Å². The lowest BCUT2D eigenvalue weighted by Crippen LogP contribution is -2.31. The number of hydrogen-bond acceptors (Lipinski definition) is 2. The van der Waals surface area contributed by atoms with Gasteiger partial charge in [-0.05, 0) is 92.9 Å². The second kappa shape index (κ2) is 8.03. The Labute approximate surface area is 144 Å². The van der Waals surface area contributed by atoms with Gasteiger partial charge in [0.15, 0.2) is 0 Å². The summed E-state index contributed by atoms with van der Waals surface area (Å²) < 4.78 is 0. The van der Waals surface area contributed by atoms with Gasteiger partial charge in [0.25, 0.3) is 0 Å². The van der Waals surface area contributed by atoms with E-state index in [1.54, 1.807) is 17.3 Å². The quantitative estimate of drug-likeness (QED) is 0.630. The van der Waals surface area contributed by atoms with Crippen LogP contribution in [-0.2, 0) is 6.42 Å². The normalized spacial score (nSPS) is 24.7. The predicted octanol–water partition coefficient (Wildman–Crippen LogP) is 4.55. The van der Waals surface area contributed by atoms with Crippen molar-refractivity contribution >= 4 is 11.6 Å². The minimum atomic E-state index is 0.639. The first-order valence-electron chi connectivity index (χ1n) is 8.81. The number of nitrogens with one attached hydrogen (secondary N) is 1. The van der Waals surface area contributed by atoms with E-state index in [0.717, 1.165) is 43.3 Å². The number of halogens is 1. The Morgan fingerprint density at radius 3 is 2.83 bits per heavy atom. The molecule has 23 heavy (non-hydrogen) atoms. The molecule has 0 radical (unpaired) electrons. The summed E-state index contributed by atoms with van der Waals surface area (Å²) in [5.41, 5.74) is 10.1. The molecule has 1 aliphatic carbocycles. The Morgan fingerprint density at radius 2 is 2.04 bits per heavy atom. The average molecular weight is 331 g/mol. The van der Waals surface area contributed by atoms with E-state index in [4.69, 9.17) is 17.3 Å². The average Bonchev–Trinajstić information content (AvgIpc) is 2.75. The molecule has 1 aromatic carbocycles. The van der Waals surface area contributed by atoms with E-state index in [9.17, 15) is 0 Å². The number of hydrogen-bond donors (Lipinski definition) is 2. The zero-order valence-corrected chi connectivity index (χ0v) is 14.5. The first kappa shape index (κ1) is 16.6. The van der Waals surface area contributed by atoms with Crippen LogP contribution in [0.1, 0.15) is 49.1 Å². The number of allylic oxidation sites excluding steroid dienone is 3. The molecule has 0 aromatic heterocycles. The Hall–Kier alpha value is -1.25. The number of fused-ring (bicyclic) bond motifs is 1. The summed E-state index contributed by atoms with van der Waals surface area (Å²) in [5.74, 6) is 1.42.